The maximum absolute atomic E-state index is 12.8. The van der Waals surface area contributed by atoms with Crippen molar-refractivity contribution in [3.05, 3.63) is 34.1 Å². The number of Topliss-reactive ketones (excluding diaryl/α,β-unsaturated/α-hetero) is 1. The van der Waals surface area contributed by atoms with Gasteiger partial charge in [0.1, 0.15) is 5.82 Å². The Morgan fingerprint density at radius 2 is 2.31 bits per heavy atom. The molecule has 0 radical (unpaired) electrons. The fourth-order valence-electron chi connectivity index (χ4n) is 0.967. The number of halogens is 2. The second kappa shape index (κ2) is 4.48. The Labute approximate surface area is 84.3 Å². The zero-order valence-corrected chi connectivity index (χ0v) is 8.69. The molecule has 13 heavy (non-hydrogen) atoms. The highest BCUT2D eigenvalue weighted by atomic mass is 79.9. The lowest BCUT2D eigenvalue weighted by Gasteiger charge is -2.02. The molecule has 0 aliphatic carbocycles. The number of carbonyl (C=O) groups is 1. The second-order valence-corrected chi connectivity index (χ2v) is 3.43. The van der Waals surface area contributed by atoms with Crippen molar-refractivity contribution in [3.8, 4) is 0 Å². The van der Waals surface area contributed by atoms with E-state index in [4.69, 9.17) is 0 Å². The zero-order valence-electron chi connectivity index (χ0n) is 7.10. The van der Waals surface area contributed by atoms with Gasteiger partial charge in [-0.05, 0) is 25.2 Å². The summed E-state index contributed by atoms with van der Waals surface area (Å²) < 4.78 is 13.4. The summed E-state index contributed by atoms with van der Waals surface area (Å²) in [6.07, 6.45) is 0. The first kappa shape index (κ1) is 10.3. The van der Waals surface area contributed by atoms with Gasteiger partial charge in [0.25, 0.3) is 0 Å². The van der Waals surface area contributed by atoms with Crippen molar-refractivity contribution in [1.29, 1.82) is 0 Å². The summed E-state index contributed by atoms with van der Waals surface area (Å²) in [5, 5.41) is 2.72. The van der Waals surface area contributed by atoms with Crippen LogP contribution in [0, 0.1) is 5.82 Å². The van der Waals surface area contributed by atoms with Gasteiger partial charge < -0.3 is 5.32 Å². The third-order valence-electron chi connectivity index (χ3n) is 1.57. The molecule has 0 bridgehead atoms. The van der Waals surface area contributed by atoms with Crippen LogP contribution in [0.2, 0.25) is 0 Å². The predicted molar refractivity (Wildman–Crippen MR) is 52.4 cm³/mol. The monoisotopic (exact) mass is 245 g/mol. The predicted octanol–water partition coefficient (Wildman–Crippen LogP) is 1.99. The quantitative estimate of drug-likeness (QED) is 0.826. The molecule has 70 valence electrons. The average Bonchev–Trinajstić information content (AvgIpc) is 2.09. The minimum absolute atomic E-state index is 0.131. The Morgan fingerprint density at radius 1 is 1.62 bits per heavy atom. The van der Waals surface area contributed by atoms with Crippen molar-refractivity contribution in [1.82, 2.24) is 5.32 Å². The highest BCUT2D eigenvalue weighted by Gasteiger charge is 2.09. The van der Waals surface area contributed by atoms with E-state index < -0.39 is 5.82 Å². The number of carbonyl (C=O) groups excluding carboxylic acids is 1. The van der Waals surface area contributed by atoms with Crippen LogP contribution in [-0.4, -0.2) is 19.4 Å². The van der Waals surface area contributed by atoms with E-state index >= 15 is 0 Å². The van der Waals surface area contributed by atoms with E-state index in [1.165, 1.54) is 18.2 Å². The van der Waals surface area contributed by atoms with Gasteiger partial charge in [0.2, 0.25) is 0 Å². The van der Waals surface area contributed by atoms with Gasteiger partial charge in [0, 0.05) is 10.0 Å². The summed E-state index contributed by atoms with van der Waals surface area (Å²) >= 11 is 3.19. The van der Waals surface area contributed by atoms with E-state index in [1.54, 1.807) is 7.05 Å². The van der Waals surface area contributed by atoms with Crippen molar-refractivity contribution in [3.63, 3.8) is 0 Å². The molecule has 0 atom stereocenters. The smallest absolute Gasteiger partial charge is 0.177 e. The van der Waals surface area contributed by atoms with E-state index in [-0.39, 0.29) is 12.3 Å². The molecule has 4 heteroatoms. The molecular formula is C9H9BrFNO. The van der Waals surface area contributed by atoms with Gasteiger partial charge in [-0.25, -0.2) is 4.39 Å². The van der Waals surface area contributed by atoms with Crippen LogP contribution in [0.4, 0.5) is 4.39 Å². The maximum Gasteiger partial charge on any atom is 0.177 e. The van der Waals surface area contributed by atoms with Gasteiger partial charge in [0.15, 0.2) is 5.78 Å². The highest BCUT2D eigenvalue weighted by molar-refractivity contribution is 9.10. The fraction of sp³-hybridized carbons (Fsp3) is 0.222. The van der Waals surface area contributed by atoms with Crippen LogP contribution in [0.1, 0.15) is 10.4 Å². The van der Waals surface area contributed by atoms with Crippen molar-refractivity contribution in [2.45, 2.75) is 0 Å². The lowest BCUT2D eigenvalue weighted by molar-refractivity contribution is 0.0992. The largest absolute Gasteiger partial charge is 0.313 e. The number of nitrogens with one attached hydrogen (secondary N) is 1. The molecule has 0 amide bonds. The van der Waals surface area contributed by atoms with Crippen LogP contribution in [-0.2, 0) is 0 Å². The lowest BCUT2D eigenvalue weighted by Crippen LogP contribution is -2.19. The normalized spacial score (nSPS) is 10.1. The van der Waals surface area contributed by atoms with Crippen LogP contribution in [0.15, 0.2) is 22.7 Å². The lowest BCUT2D eigenvalue weighted by atomic mass is 10.1. The molecule has 0 heterocycles. The third-order valence-corrected chi connectivity index (χ3v) is 2.26. The Balaban J connectivity index is 2.99. The SMILES string of the molecule is CNCC(=O)c1cc(F)ccc1Br. The number of rotatable bonds is 3. The number of likely N-dealkylation sites (N-methyl/N-ethyl adjacent to an activating group) is 1. The number of hydrogen-bond acceptors (Lipinski definition) is 2. The van der Waals surface area contributed by atoms with Gasteiger partial charge in [-0.1, -0.05) is 15.9 Å². The van der Waals surface area contributed by atoms with Crippen LogP contribution >= 0.6 is 15.9 Å². The van der Waals surface area contributed by atoms with E-state index in [9.17, 15) is 9.18 Å². The first-order chi connectivity index (χ1) is 6.15. The molecule has 1 rings (SSSR count). The van der Waals surface area contributed by atoms with Gasteiger partial charge in [-0.3, -0.25) is 4.79 Å². The molecule has 0 spiro atoms. The van der Waals surface area contributed by atoms with Gasteiger partial charge in [-0.15, -0.1) is 0 Å². The Hall–Kier alpha value is -0.740. The summed E-state index contributed by atoms with van der Waals surface area (Å²) in [6.45, 7) is 0.210. The van der Waals surface area contributed by atoms with Crippen LogP contribution < -0.4 is 5.32 Å². The van der Waals surface area contributed by atoms with Crippen molar-refractivity contribution in [2.75, 3.05) is 13.6 Å². The van der Waals surface area contributed by atoms with Gasteiger partial charge >= 0.3 is 0 Å². The molecule has 0 saturated carbocycles. The van der Waals surface area contributed by atoms with Crippen molar-refractivity contribution in [2.24, 2.45) is 0 Å². The Bertz CT molecular complexity index is 327. The molecule has 0 aliphatic heterocycles. The third kappa shape index (κ3) is 2.60. The molecular weight excluding hydrogens is 237 g/mol. The standard InChI is InChI=1S/C9H9BrFNO/c1-12-5-9(13)7-4-6(11)2-3-8(7)10/h2-4,12H,5H2,1H3. The molecule has 0 aliphatic rings. The average molecular weight is 246 g/mol. The summed E-state index contributed by atoms with van der Waals surface area (Å²) in [5.41, 5.74) is 0.370. The maximum atomic E-state index is 12.8. The van der Waals surface area contributed by atoms with Gasteiger partial charge in [-0.2, -0.15) is 0 Å². The van der Waals surface area contributed by atoms with Crippen molar-refractivity contribution < 1.29 is 9.18 Å². The van der Waals surface area contributed by atoms with Crippen molar-refractivity contribution >= 4 is 21.7 Å². The molecule has 0 unspecified atom stereocenters. The number of ketones is 1. The summed E-state index contributed by atoms with van der Waals surface area (Å²) in [7, 11) is 1.67. The molecule has 0 aromatic heterocycles. The van der Waals surface area contributed by atoms with Crippen LogP contribution in [0.3, 0.4) is 0 Å². The Kier molecular flexibility index (Phi) is 3.57. The first-order valence-electron chi connectivity index (χ1n) is 3.78. The number of hydrogen-bond donors (Lipinski definition) is 1. The van der Waals surface area contributed by atoms with E-state index in [1.807, 2.05) is 0 Å². The van der Waals surface area contributed by atoms with E-state index in [0.29, 0.717) is 10.0 Å². The molecule has 1 aromatic rings. The topological polar surface area (TPSA) is 29.1 Å². The summed E-state index contributed by atoms with van der Waals surface area (Å²) in [5.74, 6) is -0.531. The molecule has 1 aromatic carbocycles. The van der Waals surface area contributed by atoms with Gasteiger partial charge in [0.05, 0.1) is 6.54 Å². The highest BCUT2D eigenvalue weighted by Crippen LogP contribution is 2.17. The molecule has 2 nitrogen and oxygen atoms in total. The number of benzene rings is 1. The molecule has 1 N–H and O–H groups in total. The second-order valence-electron chi connectivity index (χ2n) is 2.58. The molecule has 0 fully saturated rings. The van der Waals surface area contributed by atoms with E-state index in [0.717, 1.165) is 0 Å². The minimum Gasteiger partial charge on any atom is -0.313 e. The first-order valence-corrected chi connectivity index (χ1v) is 4.57. The molecule has 0 saturated heterocycles. The zero-order chi connectivity index (χ0) is 9.84. The van der Waals surface area contributed by atoms with Crippen LogP contribution in [0.5, 0.6) is 0 Å². The summed E-state index contributed by atoms with van der Waals surface area (Å²) in [6, 6.07) is 4.06. The summed E-state index contributed by atoms with van der Waals surface area (Å²) in [4.78, 5) is 11.4. The minimum atomic E-state index is -0.400. The Morgan fingerprint density at radius 3 is 2.92 bits per heavy atom. The van der Waals surface area contributed by atoms with E-state index in [2.05, 4.69) is 21.2 Å². The van der Waals surface area contributed by atoms with Crippen LogP contribution in [0.25, 0.3) is 0 Å². The fourth-order valence-corrected chi connectivity index (χ4v) is 1.43.